The third-order valence-electron chi connectivity index (χ3n) is 3.32. The summed E-state index contributed by atoms with van der Waals surface area (Å²) in [6.45, 7) is 1.93. The normalized spacial score (nSPS) is 10.0. The van der Waals surface area contributed by atoms with Crippen LogP contribution in [-0.4, -0.2) is 25.5 Å². The fraction of sp³-hybridized carbons (Fsp3) is 0.222. The Morgan fingerprint density at radius 3 is 2.61 bits per heavy atom. The molecule has 0 saturated heterocycles. The van der Waals surface area contributed by atoms with Crippen molar-refractivity contribution in [2.24, 2.45) is 0 Å². The molecule has 2 aromatic rings. The van der Waals surface area contributed by atoms with Gasteiger partial charge in [-0.1, -0.05) is 24.3 Å². The number of ether oxygens (including phenoxy) is 1. The lowest BCUT2D eigenvalue weighted by Gasteiger charge is -2.10. The fourth-order valence-corrected chi connectivity index (χ4v) is 2.26. The van der Waals surface area contributed by atoms with Gasteiger partial charge in [-0.3, -0.25) is 9.59 Å². The van der Waals surface area contributed by atoms with Gasteiger partial charge < -0.3 is 15.4 Å². The first-order chi connectivity index (χ1) is 11.1. The molecular formula is C18H20N2O3. The van der Waals surface area contributed by atoms with Gasteiger partial charge in [-0.15, -0.1) is 0 Å². The minimum absolute atomic E-state index is 0.168. The number of para-hydroxylation sites is 1. The second kappa shape index (κ2) is 7.98. The average Bonchev–Trinajstić information content (AvgIpc) is 2.55. The van der Waals surface area contributed by atoms with Crippen LogP contribution in [-0.2, 0) is 11.2 Å². The topological polar surface area (TPSA) is 67.4 Å². The lowest BCUT2D eigenvalue weighted by Crippen LogP contribution is -2.25. The van der Waals surface area contributed by atoms with Crippen LogP contribution in [0.25, 0.3) is 0 Å². The molecule has 5 nitrogen and oxygen atoms in total. The molecule has 0 aliphatic heterocycles. The number of carbonyl (C=O) groups excluding carboxylic acids is 2. The zero-order valence-corrected chi connectivity index (χ0v) is 13.3. The number of nitrogens with one attached hydrogen (secondary N) is 2. The van der Waals surface area contributed by atoms with E-state index in [0.717, 1.165) is 11.3 Å². The molecule has 0 atom stereocenters. The van der Waals surface area contributed by atoms with Crippen LogP contribution in [0.1, 0.15) is 22.8 Å². The smallest absolute Gasteiger partial charge is 0.251 e. The van der Waals surface area contributed by atoms with Crippen molar-refractivity contribution in [3.8, 4) is 5.75 Å². The number of amides is 2. The monoisotopic (exact) mass is 312 g/mol. The number of hydrogen-bond donors (Lipinski definition) is 2. The van der Waals surface area contributed by atoms with Crippen LogP contribution >= 0.6 is 0 Å². The molecule has 0 aliphatic carbocycles. The van der Waals surface area contributed by atoms with Crippen molar-refractivity contribution >= 4 is 17.5 Å². The molecule has 0 radical (unpaired) electrons. The Hall–Kier alpha value is -2.82. The summed E-state index contributed by atoms with van der Waals surface area (Å²) in [7, 11) is 1.63. The molecule has 5 heteroatoms. The molecule has 2 N–H and O–H groups in total. The Morgan fingerprint density at radius 1 is 1.09 bits per heavy atom. The van der Waals surface area contributed by atoms with Crippen molar-refractivity contribution in [1.29, 1.82) is 0 Å². The van der Waals surface area contributed by atoms with Crippen LogP contribution in [0.15, 0.2) is 48.5 Å². The Balaban J connectivity index is 1.93. The van der Waals surface area contributed by atoms with E-state index in [1.165, 1.54) is 6.92 Å². The van der Waals surface area contributed by atoms with E-state index in [-0.39, 0.29) is 11.8 Å². The van der Waals surface area contributed by atoms with E-state index in [1.807, 2.05) is 24.3 Å². The van der Waals surface area contributed by atoms with Gasteiger partial charge in [0.1, 0.15) is 5.75 Å². The average molecular weight is 312 g/mol. The first-order valence-corrected chi connectivity index (χ1v) is 7.38. The van der Waals surface area contributed by atoms with Crippen molar-refractivity contribution in [3.63, 3.8) is 0 Å². The highest BCUT2D eigenvalue weighted by atomic mass is 16.5. The molecule has 2 rings (SSSR count). The van der Waals surface area contributed by atoms with Gasteiger partial charge in [-0.05, 0) is 36.2 Å². The quantitative estimate of drug-likeness (QED) is 0.861. The van der Waals surface area contributed by atoms with Crippen LogP contribution in [0.3, 0.4) is 0 Å². The van der Waals surface area contributed by atoms with Crippen molar-refractivity contribution < 1.29 is 14.3 Å². The molecule has 23 heavy (non-hydrogen) atoms. The van der Waals surface area contributed by atoms with Gasteiger partial charge in [-0.2, -0.15) is 0 Å². The second-order valence-corrected chi connectivity index (χ2v) is 5.08. The Kier molecular flexibility index (Phi) is 5.74. The van der Waals surface area contributed by atoms with Crippen molar-refractivity contribution in [3.05, 3.63) is 59.7 Å². The Labute approximate surface area is 135 Å². The Bertz CT molecular complexity index is 698. The van der Waals surface area contributed by atoms with Crippen LogP contribution in [0.4, 0.5) is 5.69 Å². The molecule has 0 unspecified atom stereocenters. The highest BCUT2D eigenvalue weighted by Crippen LogP contribution is 2.17. The summed E-state index contributed by atoms with van der Waals surface area (Å²) < 4.78 is 5.29. The third-order valence-corrected chi connectivity index (χ3v) is 3.32. The summed E-state index contributed by atoms with van der Waals surface area (Å²) >= 11 is 0. The van der Waals surface area contributed by atoms with Gasteiger partial charge in [0.15, 0.2) is 0 Å². The Morgan fingerprint density at radius 2 is 1.87 bits per heavy atom. The molecule has 120 valence electrons. The van der Waals surface area contributed by atoms with Gasteiger partial charge in [0, 0.05) is 24.7 Å². The van der Waals surface area contributed by atoms with E-state index in [0.29, 0.717) is 24.2 Å². The van der Waals surface area contributed by atoms with E-state index in [1.54, 1.807) is 31.4 Å². The van der Waals surface area contributed by atoms with Crippen molar-refractivity contribution in [2.45, 2.75) is 13.3 Å². The highest BCUT2D eigenvalue weighted by Gasteiger charge is 2.07. The first kappa shape index (κ1) is 16.5. The van der Waals surface area contributed by atoms with Gasteiger partial charge in [0.05, 0.1) is 7.11 Å². The van der Waals surface area contributed by atoms with E-state index >= 15 is 0 Å². The number of rotatable bonds is 6. The van der Waals surface area contributed by atoms with Crippen molar-refractivity contribution in [1.82, 2.24) is 5.32 Å². The lowest BCUT2D eigenvalue weighted by molar-refractivity contribution is -0.114. The van der Waals surface area contributed by atoms with Crippen molar-refractivity contribution in [2.75, 3.05) is 19.0 Å². The molecule has 2 amide bonds. The maximum absolute atomic E-state index is 12.2. The lowest BCUT2D eigenvalue weighted by atomic mass is 10.1. The molecule has 0 spiro atoms. The summed E-state index contributed by atoms with van der Waals surface area (Å²) in [6.07, 6.45) is 0.682. The predicted octanol–water partition coefficient (Wildman–Crippen LogP) is 2.63. The SMILES string of the molecule is COc1ccccc1CCNC(=O)c1cccc(NC(C)=O)c1. The number of carbonyl (C=O) groups is 2. The van der Waals surface area contributed by atoms with Gasteiger partial charge >= 0.3 is 0 Å². The van der Waals surface area contributed by atoms with Gasteiger partial charge in [0.2, 0.25) is 5.91 Å². The molecule has 0 heterocycles. The van der Waals surface area contributed by atoms with E-state index in [9.17, 15) is 9.59 Å². The molecule has 2 aromatic carbocycles. The summed E-state index contributed by atoms with van der Waals surface area (Å²) in [5.74, 6) is 0.472. The number of benzene rings is 2. The first-order valence-electron chi connectivity index (χ1n) is 7.38. The fourth-order valence-electron chi connectivity index (χ4n) is 2.26. The number of methoxy groups -OCH3 is 1. The maximum Gasteiger partial charge on any atom is 0.251 e. The van der Waals surface area contributed by atoms with Gasteiger partial charge in [0.25, 0.3) is 5.91 Å². The molecule has 0 bridgehead atoms. The number of hydrogen-bond acceptors (Lipinski definition) is 3. The molecular weight excluding hydrogens is 292 g/mol. The van der Waals surface area contributed by atoms with E-state index < -0.39 is 0 Å². The molecule has 0 aromatic heterocycles. The van der Waals surface area contributed by atoms with Crippen LogP contribution < -0.4 is 15.4 Å². The number of anilines is 1. The zero-order valence-electron chi connectivity index (χ0n) is 13.3. The van der Waals surface area contributed by atoms with Crippen LogP contribution in [0.2, 0.25) is 0 Å². The molecule has 0 fully saturated rings. The maximum atomic E-state index is 12.2. The van der Waals surface area contributed by atoms with Gasteiger partial charge in [-0.25, -0.2) is 0 Å². The predicted molar refractivity (Wildman–Crippen MR) is 89.8 cm³/mol. The van der Waals surface area contributed by atoms with Crippen LogP contribution in [0, 0.1) is 0 Å². The molecule has 0 aliphatic rings. The summed E-state index contributed by atoms with van der Waals surface area (Å²) in [5, 5.41) is 5.53. The third kappa shape index (κ3) is 4.85. The standard InChI is InChI=1S/C18H20N2O3/c1-13(21)20-16-8-5-7-15(12-16)18(22)19-11-10-14-6-3-4-9-17(14)23-2/h3-9,12H,10-11H2,1-2H3,(H,19,22)(H,20,21). The van der Waals surface area contributed by atoms with E-state index in [2.05, 4.69) is 10.6 Å². The summed E-state index contributed by atoms with van der Waals surface area (Å²) in [5.41, 5.74) is 2.16. The minimum atomic E-state index is -0.174. The summed E-state index contributed by atoms with van der Waals surface area (Å²) in [6, 6.07) is 14.6. The second-order valence-electron chi connectivity index (χ2n) is 5.08. The largest absolute Gasteiger partial charge is 0.496 e. The van der Waals surface area contributed by atoms with E-state index in [4.69, 9.17) is 4.74 Å². The highest BCUT2D eigenvalue weighted by molar-refractivity contribution is 5.96. The molecule has 0 saturated carbocycles. The van der Waals surface area contributed by atoms with Crippen LogP contribution in [0.5, 0.6) is 5.75 Å². The minimum Gasteiger partial charge on any atom is -0.496 e. The zero-order chi connectivity index (χ0) is 16.7. The summed E-state index contributed by atoms with van der Waals surface area (Å²) in [4.78, 5) is 23.2.